The number of rotatable bonds is 6. The SMILES string of the molecule is CCCCC(C1CCCCC1)C1OC1CCl. The van der Waals surface area contributed by atoms with Crippen LogP contribution in [0.3, 0.4) is 0 Å². The van der Waals surface area contributed by atoms with E-state index in [9.17, 15) is 0 Å². The van der Waals surface area contributed by atoms with E-state index in [1.54, 1.807) is 0 Å². The molecule has 0 aromatic rings. The van der Waals surface area contributed by atoms with Crippen LogP contribution in [-0.2, 0) is 4.74 Å². The Morgan fingerprint density at radius 2 is 2.00 bits per heavy atom. The molecular weight excluding hydrogens is 220 g/mol. The topological polar surface area (TPSA) is 12.5 Å². The third kappa shape index (κ3) is 3.13. The first-order chi connectivity index (χ1) is 7.86. The van der Waals surface area contributed by atoms with Crippen molar-refractivity contribution in [3.63, 3.8) is 0 Å². The zero-order valence-electron chi connectivity index (χ0n) is 10.5. The van der Waals surface area contributed by atoms with Gasteiger partial charge in [0.15, 0.2) is 0 Å². The molecule has 0 amide bonds. The highest BCUT2D eigenvalue weighted by Crippen LogP contribution is 2.42. The van der Waals surface area contributed by atoms with Crippen molar-refractivity contribution in [1.29, 1.82) is 0 Å². The quantitative estimate of drug-likeness (QED) is 0.499. The Morgan fingerprint density at radius 3 is 2.56 bits per heavy atom. The molecule has 16 heavy (non-hydrogen) atoms. The van der Waals surface area contributed by atoms with E-state index in [1.807, 2.05) is 0 Å². The zero-order valence-corrected chi connectivity index (χ0v) is 11.2. The van der Waals surface area contributed by atoms with Gasteiger partial charge in [0.2, 0.25) is 0 Å². The number of unbranched alkanes of at least 4 members (excludes halogenated alkanes) is 1. The summed E-state index contributed by atoms with van der Waals surface area (Å²) in [6, 6.07) is 0. The van der Waals surface area contributed by atoms with E-state index in [-0.39, 0.29) is 0 Å². The lowest BCUT2D eigenvalue weighted by molar-refractivity contribution is 0.186. The lowest BCUT2D eigenvalue weighted by Gasteiger charge is -2.29. The summed E-state index contributed by atoms with van der Waals surface area (Å²) in [7, 11) is 0. The number of epoxide rings is 1. The van der Waals surface area contributed by atoms with Crippen molar-refractivity contribution in [2.75, 3.05) is 5.88 Å². The fourth-order valence-electron chi connectivity index (χ4n) is 3.33. The second-order valence-corrected chi connectivity index (χ2v) is 5.81. The van der Waals surface area contributed by atoms with Crippen LogP contribution in [-0.4, -0.2) is 18.1 Å². The van der Waals surface area contributed by atoms with Crippen LogP contribution < -0.4 is 0 Å². The van der Waals surface area contributed by atoms with E-state index < -0.39 is 0 Å². The molecule has 2 rings (SSSR count). The molecule has 1 saturated carbocycles. The van der Waals surface area contributed by atoms with Gasteiger partial charge in [0.1, 0.15) is 0 Å². The standard InChI is InChI=1S/C14H25ClO/c1-2-3-9-12(14-13(10-15)16-14)11-7-5-4-6-8-11/h11-14H,2-10H2,1H3. The van der Waals surface area contributed by atoms with Gasteiger partial charge >= 0.3 is 0 Å². The minimum absolute atomic E-state index is 0.380. The predicted octanol–water partition coefficient (Wildman–Crippen LogP) is 4.38. The Kier molecular flexibility index (Phi) is 4.97. The highest BCUT2D eigenvalue weighted by Gasteiger charge is 2.46. The molecule has 94 valence electrons. The van der Waals surface area contributed by atoms with Gasteiger partial charge in [-0.1, -0.05) is 51.9 Å². The van der Waals surface area contributed by atoms with Crippen LogP contribution in [0.1, 0.15) is 58.3 Å². The highest BCUT2D eigenvalue weighted by atomic mass is 35.5. The molecule has 0 bridgehead atoms. The van der Waals surface area contributed by atoms with Crippen molar-refractivity contribution in [3.05, 3.63) is 0 Å². The average Bonchev–Trinajstić information content (AvgIpc) is 3.10. The van der Waals surface area contributed by atoms with Crippen molar-refractivity contribution >= 4 is 11.6 Å². The smallest absolute Gasteiger partial charge is 0.0979 e. The molecule has 2 heteroatoms. The van der Waals surface area contributed by atoms with Crippen molar-refractivity contribution in [2.24, 2.45) is 11.8 Å². The number of halogens is 1. The van der Waals surface area contributed by atoms with E-state index in [1.165, 1.54) is 51.4 Å². The summed E-state index contributed by atoms with van der Waals surface area (Å²) in [6.07, 6.45) is 12.1. The molecular formula is C14H25ClO. The summed E-state index contributed by atoms with van der Waals surface area (Å²) < 4.78 is 5.75. The molecule has 3 unspecified atom stereocenters. The molecule has 1 nitrogen and oxygen atoms in total. The van der Waals surface area contributed by atoms with Gasteiger partial charge in [0.05, 0.1) is 18.1 Å². The summed E-state index contributed by atoms with van der Waals surface area (Å²) >= 11 is 5.89. The van der Waals surface area contributed by atoms with Gasteiger partial charge < -0.3 is 4.74 Å². The second-order valence-electron chi connectivity index (χ2n) is 5.50. The van der Waals surface area contributed by atoms with E-state index in [2.05, 4.69) is 6.92 Å². The molecule has 1 heterocycles. The van der Waals surface area contributed by atoms with E-state index in [0.29, 0.717) is 18.1 Å². The number of ether oxygens (including phenoxy) is 1. The fraction of sp³-hybridized carbons (Fsp3) is 1.00. The molecule has 1 aliphatic heterocycles. The van der Waals surface area contributed by atoms with Crippen molar-refractivity contribution in [3.8, 4) is 0 Å². The molecule has 0 N–H and O–H groups in total. The third-order valence-electron chi connectivity index (χ3n) is 4.34. The maximum atomic E-state index is 5.89. The van der Waals surface area contributed by atoms with Crippen LogP contribution in [0, 0.1) is 11.8 Å². The number of hydrogen-bond acceptors (Lipinski definition) is 1. The second kappa shape index (κ2) is 6.26. The summed E-state index contributed by atoms with van der Waals surface area (Å²) in [5.41, 5.74) is 0. The molecule has 2 fully saturated rings. The highest BCUT2D eigenvalue weighted by molar-refractivity contribution is 6.18. The summed E-state index contributed by atoms with van der Waals surface area (Å²) in [5.74, 6) is 2.43. The molecule has 0 aromatic carbocycles. The van der Waals surface area contributed by atoms with E-state index in [4.69, 9.17) is 16.3 Å². The minimum Gasteiger partial charge on any atom is -0.368 e. The van der Waals surface area contributed by atoms with Gasteiger partial charge in [-0.05, 0) is 18.3 Å². The Morgan fingerprint density at radius 1 is 1.25 bits per heavy atom. The normalized spacial score (nSPS) is 32.6. The Balaban J connectivity index is 1.86. The molecule has 1 saturated heterocycles. The largest absolute Gasteiger partial charge is 0.368 e. The molecule has 2 aliphatic rings. The van der Waals surface area contributed by atoms with Gasteiger partial charge in [0, 0.05) is 0 Å². The zero-order chi connectivity index (χ0) is 11.4. The van der Waals surface area contributed by atoms with Crippen LogP contribution >= 0.6 is 11.6 Å². The molecule has 0 radical (unpaired) electrons. The van der Waals surface area contributed by atoms with Crippen LogP contribution in [0.5, 0.6) is 0 Å². The predicted molar refractivity (Wildman–Crippen MR) is 69.0 cm³/mol. The van der Waals surface area contributed by atoms with Gasteiger partial charge in [-0.3, -0.25) is 0 Å². The van der Waals surface area contributed by atoms with Gasteiger partial charge in [-0.25, -0.2) is 0 Å². The van der Waals surface area contributed by atoms with Gasteiger partial charge in [-0.2, -0.15) is 0 Å². The fourth-order valence-corrected chi connectivity index (χ4v) is 3.58. The maximum absolute atomic E-state index is 5.89. The van der Waals surface area contributed by atoms with Gasteiger partial charge in [0.25, 0.3) is 0 Å². The monoisotopic (exact) mass is 244 g/mol. The lowest BCUT2D eigenvalue weighted by Crippen LogP contribution is -2.24. The van der Waals surface area contributed by atoms with Crippen LogP contribution in [0.25, 0.3) is 0 Å². The number of alkyl halides is 1. The Bertz CT molecular complexity index is 201. The molecule has 3 atom stereocenters. The van der Waals surface area contributed by atoms with Crippen molar-refractivity contribution < 1.29 is 4.74 Å². The molecule has 0 spiro atoms. The average molecular weight is 245 g/mol. The van der Waals surface area contributed by atoms with E-state index in [0.717, 1.165) is 11.8 Å². The number of hydrogen-bond donors (Lipinski definition) is 0. The third-order valence-corrected chi connectivity index (χ3v) is 4.65. The summed E-state index contributed by atoms with van der Waals surface area (Å²) in [5, 5.41) is 0. The Hall–Kier alpha value is 0.250. The van der Waals surface area contributed by atoms with Crippen LogP contribution in [0.15, 0.2) is 0 Å². The van der Waals surface area contributed by atoms with E-state index >= 15 is 0 Å². The minimum atomic E-state index is 0.380. The summed E-state index contributed by atoms with van der Waals surface area (Å²) in [6.45, 7) is 2.28. The molecule has 0 aromatic heterocycles. The van der Waals surface area contributed by atoms with Crippen LogP contribution in [0.4, 0.5) is 0 Å². The summed E-state index contributed by atoms with van der Waals surface area (Å²) in [4.78, 5) is 0. The van der Waals surface area contributed by atoms with Crippen molar-refractivity contribution in [1.82, 2.24) is 0 Å². The maximum Gasteiger partial charge on any atom is 0.0979 e. The first-order valence-corrected chi connectivity index (χ1v) is 7.61. The van der Waals surface area contributed by atoms with Crippen LogP contribution in [0.2, 0.25) is 0 Å². The van der Waals surface area contributed by atoms with Gasteiger partial charge in [-0.15, -0.1) is 11.6 Å². The molecule has 1 aliphatic carbocycles. The Labute approximate surface area is 105 Å². The first kappa shape index (κ1) is 12.7. The first-order valence-electron chi connectivity index (χ1n) is 7.08. The van der Waals surface area contributed by atoms with Crippen molar-refractivity contribution in [2.45, 2.75) is 70.5 Å². The lowest BCUT2D eigenvalue weighted by atomic mass is 9.76.